The highest BCUT2D eigenvalue weighted by Gasteiger charge is 2.08. The molecule has 3 aromatic carbocycles. The van der Waals surface area contributed by atoms with Crippen LogP contribution >= 0.6 is 0 Å². The summed E-state index contributed by atoms with van der Waals surface area (Å²) in [6, 6.07) is 23.7. The van der Waals surface area contributed by atoms with Crippen LogP contribution < -0.4 is 10.2 Å². The quantitative estimate of drug-likeness (QED) is 0.376. The normalized spacial score (nSPS) is 11.1. The molecule has 4 aromatic rings. The average molecular weight is 397 g/mol. The monoisotopic (exact) mass is 397 g/mol. The molecule has 0 bridgehead atoms. The minimum absolute atomic E-state index is 0.284. The van der Waals surface area contributed by atoms with Gasteiger partial charge >= 0.3 is 0 Å². The molecule has 0 radical (unpaired) electrons. The number of carbonyl (C=O) groups excluding carboxylic acids is 1. The van der Waals surface area contributed by atoms with Crippen molar-refractivity contribution in [3.05, 3.63) is 101 Å². The number of benzene rings is 3. The van der Waals surface area contributed by atoms with Crippen LogP contribution in [0.15, 0.2) is 84.1 Å². The zero-order valence-corrected chi connectivity index (χ0v) is 17.0. The molecule has 1 amide bonds. The summed E-state index contributed by atoms with van der Waals surface area (Å²) in [5.74, 6) is 0.347. The number of para-hydroxylation sites is 1. The number of fused-ring (bicyclic) bond motifs is 1. The standard InChI is InChI=1S/C25H23N3O2/c1-18-10-12-19(13-11-18)16-28-17-21(23-8-3-4-9-24(23)28)15-26-27-25(29)20-6-5-7-22(14-20)30-2/h3-15,17H,16H2,1-2H3,(H,27,29)/b26-15+. The van der Waals surface area contributed by atoms with Gasteiger partial charge in [-0.1, -0.05) is 54.1 Å². The lowest BCUT2D eigenvalue weighted by atomic mass is 10.1. The minimum atomic E-state index is -0.284. The van der Waals surface area contributed by atoms with Gasteiger partial charge in [0, 0.05) is 34.8 Å². The van der Waals surface area contributed by atoms with Crippen molar-refractivity contribution in [2.24, 2.45) is 5.10 Å². The molecule has 1 aromatic heterocycles. The number of nitrogens with zero attached hydrogens (tertiary/aromatic N) is 2. The van der Waals surface area contributed by atoms with Gasteiger partial charge < -0.3 is 9.30 Å². The van der Waals surface area contributed by atoms with Crippen molar-refractivity contribution in [3.8, 4) is 5.75 Å². The Hall–Kier alpha value is -3.86. The van der Waals surface area contributed by atoms with Crippen molar-refractivity contribution in [1.82, 2.24) is 9.99 Å². The number of hydrogen-bond acceptors (Lipinski definition) is 3. The summed E-state index contributed by atoms with van der Waals surface area (Å²) in [5, 5.41) is 5.26. The molecule has 0 aliphatic rings. The van der Waals surface area contributed by atoms with E-state index in [1.54, 1.807) is 37.6 Å². The third-order valence-electron chi connectivity index (χ3n) is 4.99. The largest absolute Gasteiger partial charge is 0.497 e. The van der Waals surface area contributed by atoms with Crippen LogP contribution in [0, 0.1) is 6.92 Å². The molecule has 0 aliphatic heterocycles. The van der Waals surface area contributed by atoms with Crippen LogP contribution in [-0.2, 0) is 6.54 Å². The predicted octanol–water partition coefficient (Wildman–Crippen LogP) is 4.77. The van der Waals surface area contributed by atoms with E-state index in [2.05, 4.69) is 64.6 Å². The van der Waals surface area contributed by atoms with Gasteiger partial charge in [0.15, 0.2) is 0 Å². The first-order chi connectivity index (χ1) is 14.6. The smallest absolute Gasteiger partial charge is 0.271 e. The molecule has 4 rings (SSSR count). The van der Waals surface area contributed by atoms with E-state index in [0.29, 0.717) is 11.3 Å². The third-order valence-corrected chi connectivity index (χ3v) is 4.99. The molecule has 30 heavy (non-hydrogen) atoms. The van der Waals surface area contributed by atoms with E-state index in [1.807, 2.05) is 12.1 Å². The van der Waals surface area contributed by atoms with Crippen LogP contribution in [0.5, 0.6) is 5.75 Å². The van der Waals surface area contributed by atoms with Crippen molar-refractivity contribution in [2.45, 2.75) is 13.5 Å². The van der Waals surface area contributed by atoms with Gasteiger partial charge in [0.25, 0.3) is 5.91 Å². The van der Waals surface area contributed by atoms with Gasteiger partial charge in [0.05, 0.1) is 13.3 Å². The van der Waals surface area contributed by atoms with Crippen molar-refractivity contribution in [3.63, 3.8) is 0 Å². The molecule has 0 fully saturated rings. The van der Waals surface area contributed by atoms with Gasteiger partial charge in [0.1, 0.15) is 5.75 Å². The summed E-state index contributed by atoms with van der Waals surface area (Å²) < 4.78 is 7.36. The van der Waals surface area contributed by atoms with E-state index in [9.17, 15) is 4.79 Å². The molecule has 5 nitrogen and oxygen atoms in total. The van der Waals surface area contributed by atoms with Gasteiger partial charge in [-0.3, -0.25) is 4.79 Å². The van der Waals surface area contributed by atoms with E-state index < -0.39 is 0 Å². The van der Waals surface area contributed by atoms with Crippen molar-refractivity contribution in [2.75, 3.05) is 7.11 Å². The molecule has 150 valence electrons. The number of carbonyl (C=O) groups is 1. The van der Waals surface area contributed by atoms with Crippen LogP contribution in [0.4, 0.5) is 0 Å². The van der Waals surface area contributed by atoms with E-state index in [-0.39, 0.29) is 5.91 Å². The maximum Gasteiger partial charge on any atom is 0.271 e. The number of rotatable bonds is 6. The van der Waals surface area contributed by atoms with Crippen molar-refractivity contribution < 1.29 is 9.53 Å². The highest BCUT2D eigenvalue weighted by Crippen LogP contribution is 2.21. The topological polar surface area (TPSA) is 55.6 Å². The molecule has 0 unspecified atom stereocenters. The fraction of sp³-hybridized carbons (Fsp3) is 0.120. The van der Waals surface area contributed by atoms with Crippen LogP contribution in [-0.4, -0.2) is 23.8 Å². The second-order valence-corrected chi connectivity index (χ2v) is 7.15. The van der Waals surface area contributed by atoms with E-state index in [4.69, 9.17) is 4.74 Å². The minimum Gasteiger partial charge on any atom is -0.497 e. The zero-order valence-electron chi connectivity index (χ0n) is 17.0. The third kappa shape index (κ3) is 4.25. The van der Waals surface area contributed by atoms with E-state index in [0.717, 1.165) is 23.0 Å². The molecular weight excluding hydrogens is 374 g/mol. The molecule has 0 saturated heterocycles. The predicted molar refractivity (Wildman–Crippen MR) is 120 cm³/mol. The Labute approximate surface area is 175 Å². The summed E-state index contributed by atoms with van der Waals surface area (Å²) in [6.07, 6.45) is 3.75. The number of nitrogens with one attached hydrogen (secondary N) is 1. The van der Waals surface area contributed by atoms with Gasteiger partial charge in [0.2, 0.25) is 0 Å². The summed E-state index contributed by atoms with van der Waals surface area (Å²) >= 11 is 0. The Bertz CT molecular complexity index is 1210. The van der Waals surface area contributed by atoms with Gasteiger partial charge in [-0.05, 0) is 36.8 Å². The lowest BCUT2D eigenvalue weighted by molar-refractivity contribution is 0.0955. The molecule has 1 heterocycles. The summed E-state index contributed by atoms with van der Waals surface area (Å²) in [4.78, 5) is 12.4. The van der Waals surface area contributed by atoms with E-state index >= 15 is 0 Å². The van der Waals surface area contributed by atoms with E-state index in [1.165, 1.54) is 11.1 Å². The summed E-state index contributed by atoms with van der Waals surface area (Å²) in [7, 11) is 1.57. The second-order valence-electron chi connectivity index (χ2n) is 7.15. The average Bonchev–Trinajstić information content (AvgIpc) is 3.13. The zero-order chi connectivity index (χ0) is 20.9. The Balaban J connectivity index is 1.55. The number of ether oxygens (including phenoxy) is 1. The fourth-order valence-corrected chi connectivity index (χ4v) is 3.39. The van der Waals surface area contributed by atoms with Crippen molar-refractivity contribution >= 4 is 23.0 Å². The van der Waals surface area contributed by atoms with Crippen LogP contribution in [0.25, 0.3) is 10.9 Å². The van der Waals surface area contributed by atoms with Crippen LogP contribution in [0.2, 0.25) is 0 Å². The number of methoxy groups -OCH3 is 1. The number of hydrazone groups is 1. The van der Waals surface area contributed by atoms with Crippen LogP contribution in [0.1, 0.15) is 27.0 Å². The number of aryl methyl sites for hydroxylation is 1. The lowest BCUT2D eigenvalue weighted by Crippen LogP contribution is -2.17. The second kappa shape index (κ2) is 8.66. The highest BCUT2D eigenvalue weighted by atomic mass is 16.5. The highest BCUT2D eigenvalue weighted by molar-refractivity contribution is 6.00. The first-order valence-corrected chi connectivity index (χ1v) is 9.75. The number of amides is 1. The molecule has 0 saturated carbocycles. The molecule has 5 heteroatoms. The number of hydrogen-bond donors (Lipinski definition) is 1. The van der Waals surface area contributed by atoms with Gasteiger partial charge in [-0.15, -0.1) is 0 Å². The van der Waals surface area contributed by atoms with Crippen molar-refractivity contribution in [1.29, 1.82) is 0 Å². The van der Waals surface area contributed by atoms with Crippen LogP contribution in [0.3, 0.4) is 0 Å². The Morgan fingerprint density at radius 1 is 1.07 bits per heavy atom. The fourth-order valence-electron chi connectivity index (χ4n) is 3.39. The SMILES string of the molecule is COc1cccc(C(=O)N/N=C/c2cn(Cc3ccc(C)cc3)c3ccccc23)c1. The van der Waals surface area contributed by atoms with Gasteiger partial charge in [-0.25, -0.2) is 5.43 Å². The van der Waals surface area contributed by atoms with Gasteiger partial charge in [-0.2, -0.15) is 5.10 Å². The summed E-state index contributed by atoms with van der Waals surface area (Å²) in [5.41, 5.74) is 7.64. The number of aromatic nitrogens is 1. The molecular formula is C25H23N3O2. The molecule has 0 aliphatic carbocycles. The Kier molecular flexibility index (Phi) is 5.61. The molecule has 1 N–H and O–H groups in total. The Morgan fingerprint density at radius 3 is 2.67 bits per heavy atom. The lowest BCUT2D eigenvalue weighted by Gasteiger charge is -2.06. The Morgan fingerprint density at radius 2 is 1.87 bits per heavy atom. The maximum absolute atomic E-state index is 12.4. The maximum atomic E-state index is 12.4. The first kappa shape index (κ1) is 19.5. The summed E-state index contributed by atoms with van der Waals surface area (Å²) in [6.45, 7) is 2.86. The molecule has 0 spiro atoms. The molecule has 0 atom stereocenters. The first-order valence-electron chi connectivity index (χ1n) is 9.75.